The van der Waals surface area contributed by atoms with Crippen LogP contribution in [0.25, 0.3) is 11.1 Å². The molecular formula is C24H24F3N3O3. The molecule has 1 heterocycles. The predicted molar refractivity (Wildman–Crippen MR) is 115 cm³/mol. The van der Waals surface area contributed by atoms with Crippen LogP contribution in [0, 0.1) is 18.3 Å². The number of carbonyl (C=O) groups is 2. The smallest absolute Gasteiger partial charge is 0.420 e. The summed E-state index contributed by atoms with van der Waals surface area (Å²) < 4.78 is 41.5. The quantitative estimate of drug-likeness (QED) is 0.506. The van der Waals surface area contributed by atoms with Crippen molar-refractivity contribution in [3.05, 3.63) is 53.6 Å². The van der Waals surface area contributed by atoms with Gasteiger partial charge in [0.25, 0.3) is 0 Å². The number of nitrogens with zero attached hydrogens (tertiary/aromatic N) is 1. The summed E-state index contributed by atoms with van der Waals surface area (Å²) in [6.45, 7) is 2.50. The fourth-order valence-electron chi connectivity index (χ4n) is 3.72. The van der Waals surface area contributed by atoms with Gasteiger partial charge in [0.1, 0.15) is 11.8 Å². The van der Waals surface area contributed by atoms with Crippen LogP contribution in [-0.4, -0.2) is 36.7 Å². The van der Waals surface area contributed by atoms with Crippen LogP contribution in [0.2, 0.25) is 0 Å². The first-order valence-electron chi connectivity index (χ1n) is 10.6. The molecule has 1 amide bonds. The summed E-state index contributed by atoms with van der Waals surface area (Å²) in [5, 5.41) is 15.4. The molecule has 6 nitrogen and oxygen atoms in total. The topological polar surface area (TPSA) is 91.2 Å². The molecule has 1 aliphatic rings. The maximum absolute atomic E-state index is 12.4. The Morgan fingerprint density at radius 1 is 1.21 bits per heavy atom. The number of carbonyl (C=O) groups excluding carboxylic acids is 2. The molecule has 0 unspecified atom stereocenters. The first kappa shape index (κ1) is 24.3. The number of alkyl halides is 3. The lowest BCUT2D eigenvalue weighted by atomic mass is 9.97. The van der Waals surface area contributed by atoms with E-state index in [1.165, 1.54) is 12.1 Å². The molecule has 1 saturated heterocycles. The van der Waals surface area contributed by atoms with Gasteiger partial charge in [-0.15, -0.1) is 0 Å². The van der Waals surface area contributed by atoms with Gasteiger partial charge in [0.15, 0.2) is 0 Å². The Kier molecular flexibility index (Phi) is 7.71. The van der Waals surface area contributed by atoms with E-state index in [4.69, 9.17) is 0 Å². The molecule has 0 aliphatic carbocycles. The van der Waals surface area contributed by atoms with E-state index < -0.39 is 18.2 Å². The molecule has 3 rings (SSSR count). The fraction of sp³-hybridized carbons (Fsp3) is 0.375. The minimum atomic E-state index is -5.06. The van der Waals surface area contributed by atoms with Crippen LogP contribution in [-0.2, 0) is 16.0 Å². The monoisotopic (exact) mass is 459 g/mol. The number of ether oxygens (including phenoxy) is 1. The average Bonchev–Trinajstić information content (AvgIpc) is 2.79. The minimum Gasteiger partial charge on any atom is -0.420 e. The third-order valence-electron chi connectivity index (χ3n) is 5.44. The third-order valence-corrected chi connectivity index (χ3v) is 5.44. The number of nitrogens with one attached hydrogen (secondary N) is 2. The third kappa shape index (κ3) is 6.56. The molecular weight excluding hydrogens is 435 g/mol. The Labute approximate surface area is 189 Å². The lowest BCUT2D eigenvalue weighted by Gasteiger charge is -2.23. The van der Waals surface area contributed by atoms with Crippen molar-refractivity contribution in [3.8, 4) is 22.9 Å². The number of nitriles is 1. The number of rotatable bonds is 6. The first-order valence-corrected chi connectivity index (χ1v) is 10.6. The standard InChI is InChI=1S/C24H24F3N3O3/c1-15-12-19(33-23(32)24(25,26)27)9-10-20(15)17-7-5-16(6-8-17)13-18(14-28)30-22(31)21-4-2-3-11-29-21/h5-10,12,18,21,29H,2-4,11,13H2,1H3,(H,30,31)/t18-,21-/m0/s1. The van der Waals surface area contributed by atoms with E-state index in [-0.39, 0.29) is 17.7 Å². The fourth-order valence-corrected chi connectivity index (χ4v) is 3.72. The zero-order chi connectivity index (χ0) is 24.0. The summed E-state index contributed by atoms with van der Waals surface area (Å²) >= 11 is 0. The summed E-state index contributed by atoms with van der Waals surface area (Å²) in [5.74, 6) is -2.62. The maximum atomic E-state index is 12.4. The molecule has 1 fully saturated rings. The molecule has 174 valence electrons. The van der Waals surface area contributed by atoms with E-state index in [2.05, 4.69) is 21.4 Å². The molecule has 33 heavy (non-hydrogen) atoms. The van der Waals surface area contributed by atoms with E-state index in [0.717, 1.165) is 42.5 Å². The highest BCUT2D eigenvalue weighted by Gasteiger charge is 2.41. The maximum Gasteiger partial charge on any atom is 0.491 e. The molecule has 0 bridgehead atoms. The molecule has 1 aliphatic heterocycles. The number of esters is 1. The second-order valence-corrected chi connectivity index (χ2v) is 7.96. The SMILES string of the molecule is Cc1cc(OC(=O)C(F)(F)F)ccc1-c1ccc(C[C@@H](C#N)NC(=O)[C@@H]2CCCCN2)cc1. The normalized spacial score (nSPS) is 17.0. The van der Waals surface area contributed by atoms with Crippen LogP contribution in [0.3, 0.4) is 0 Å². The number of aryl methyl sites for hydroxylation is 1. The number of piperidine rings is 1. The van der Waals surface area contributed by atoms with Crippen molar-refractivity contribution in [2.75, 3.05) is 6.54 Å². The van der Waals surface area contributed by atoms with Gasteiger partial charge in [-0.25, -0.2) is 4.79 Å². The summed E-state index contributed by atoms with van der Waals surface area (Å²) in [6.07, 6.45) is -1.93. The minimum absolute atomic E-state index is 0.167. The van der Waals surface area contributed by atoms with Crippen molar-refractivity contribution < 1.29 is 27.5 Å². The zero-order valence-electron chi connectivity index (χ0n) is 18.0. The lowest BCUT2D eigenvalue weighted by molar-refractivity contribution is -0.189. The number of halogens is 3. The van der Waals surface area contributed by atoms with Crippen LogP contribution < -0.4 is 15.4 Å². The van der Waals surface area contributed by atoms with Gasteiger partial charge in [-0.2, -0.15) is 18.4 Å². The van der Waals surface area contributed by atoms with Crippen LogP contribution in [0.1, 0.15) is 30.4 Å². The van der Waals surface area contributed by atoms with E-state index in [9.17, 15) is 28.0 Å². The average molecular weight is 459 g/mol. The Balaban J connectivity index is 1.64. The van der Waals surface area contributed by atoms with Gasteiger partial charge >= 0.3 is 12.1 Å². The molecule has 0 radical (unpaired) electrons. The Bertz CT molecular complexity index is 1040. The summed E-state index contributed by atoms with van der Waals surface area (Å²) in [5.41, 5.74) is 3.07. The highest BCUT2D eigenvalue weighted by molar-refractivity contribution is 5.82. The number of benzene rings is 2. The van der Waals surface area contributed by atoms with Crippen molar-refractivity contribution in [3.63, 3.8) is 0 Å². The van der Waals surface area contributed by atoms with Gasteiger partial charge < -0.3 is 15.4 Å². The first-order chi connectivity index (χ1) is 15.7. The summed E-state index contributed by atoms with van der Waals surface area (Å²) in [7, 11) is 0. The van der Waals surface area contributed by atoms with E-state index >= 15 is 0 Å². The summed E-state index contributed by atoms with van der Waals surface area (Å²) in [6, 6.07) is 12.8. The van der Waals surface area contributed by atoms with Crippen molar-refractivity contribution in [2.45, 2.75) is 50.9 Å². The second-order valence-electron chi connectivity index (χ2n) is 7.96. The van der Waals surface area contributed by atoms with Crippen LogP contribution in [0.5, 0.6) is 5.75 Å². The molecule has 0 saturated carbocycles. The molecule has 2 N–H and O–H groups in total. The molecule has 2 aromatic carbocycles. The molecule has 2 atom stereocenters. The Morgan fingerprint density at radius 2 is 1.94 bits per heavy atom. The van der Waals surface area contributed by atoms with E-state index in [0.29, 0.717) is 12.0 Å². The van der Waals surface area contributed by atoms with E-state index in [1.54, 1.807) is 13.0 Å². The van der Waals surface area contributed by atoms with E-state index in [1.807, 2.05) is 24.3 Å². The molecule has 0 spiro atoms. The Morgan fingerprint density at radius 3 is 2.52 bits per heavy atom. The molecule has 0 aromatic heterocycles. The lowest BCUT2D eigenvalue weighted by Crippen LogP contribution is -2.49. The number of amides is 1. The van der Waals surface area contributed by atoms with Crippen molar-refractivity contribution in [2.24, 2.45) is 0 Å². The van der Waals surface area contributed by atoms with Crippen molar-refractivity contribution >= 4 is 11.9 Å². The second kappa shape index (κ2) is 10.5. The van der Waals surface area contributed by atoms with Crippen LogP contribution in [0.15, 0.2) is 42.5 Å². The van der Waals surface area contributed by atoms with Gasteiger partial charge in [-0.3, -0.25) is 4.79 Å². The Hall–Kier alpha value is -3.38. The highest BCUT2D eigenvalue weighted by Crippen LogP contribution is 2.28. The van der Waals surface area contributed by atoms with Crippen molar-refractivity contribution in [1.29, 1.82) is 5.26 Å². The van der Waals surface area contributed by atoms with Crippen molar-refractivity contribution in [1.82, 2.24) is 10.6 Å². The van der Waals surface area contributed by atoms with Gasteiger partial charge in [0, 0.05) is 6.42 Å². The van der Waals surface area contributed by atoms with Gasteiger partial charge in [-0.05, 0) is 60.7 Å². The van der Waals surface area contributed by atoms with Crippen LogP contribution in [0.4, 0.5) is 13.2 Å². The highest BCUT2D eigenvalue weighted by atomic mass is 19.4. The molecule has 2 aromatic rings. The predicted octanol–water partition coefficient (Wildman–Crippen LogP) is 3.82. The number of hydrogen-bond acceptors (Lipinski definition) is 5. The molecule has 9 heteroatoms. The van der Waals surface area contributed by atoms with Crippen LogP contribution >= 0.6 is 0 Å². The van der Waals surface area contributed by atoms with Gasteiger partial charge in [0.05, 0.1) is 12.1 Å². The van der Waals surface area contributed by atoms with Gasteiger partial charge in [-0.1, -0.05) is 36.8 Å². The van der Waals surface area contributed by atoms with Gasteiger partial charge in [0.2, 0.25) is 5.91 Å². The largest absolute Gasteiger partial charge is 0.491 e. The number of hydrogen-bond donors (Lipinski definition) is 2. The summed E-state index contributed by atoms with van der Waals surface area (Å²) in [4.78, 5) is 23.4. The zero-order valence-corrected chi connectivity index (χ0v) is 18.0.